The molecule has 2 atom stereocenters. The minimum absolute atomic E-state index is 0.0749. The van der Waals surface area contributed by atoms with E-state index in [9.17, 15) is 0 Å². The van der Waals surface area contributed by atoms with Crippen molar-refractivity contribution in [3.63, 3.8) is 0 Å². The van der Waals surface area contributed by atoms with Gasteiger partial charge in [-0.3, -0.25) is 0 Å². The van der Waals surface area contributed by atoms with Gasteiger partial charge in [-0.05, 0) is 38.0 Å². The Labute approximate surface area is 85.3 Å². The van der Waals surface area contributed by atoms with Gasteiger partial charge in [0.05, 0.1) is 13.2 Å². The Morgan fingerprint density at radius 2 is 2.07 bits per heavy atom. The fraction of sp³-hybridized carbons (Fsp3) is 0.833. The molecule has 3 aliphatic rings. The predicted octanol–water partition coefficient (Wildman–Crippen LogP) is 2.50. The van der Waals surface area contributed by atoms with Gasteiger partial charge in [0.2, 0.25) is 0 Å². The summed E-state index contributed by atoms with van der Waals surface area (Å²) in [6.45, 7) is 1.57. The molecular formula is C12H18O2. The molecule has 1 saturated heterocycles. The smallest absolute Gasteiger partial charge is 0.164 e. The van der Waals surface area contributed by atoms with Crippen LogP contribution in [0.1, 0.15) is 32.1 Å². The van der Waals surface area contributed by atoms with E-state index in [1.165, 1.54) is 32.1 Å². The summed E-state index contributed by atoms with van der Waals surface area (Å²) in [7, 11) is 0. The van der Waals surface area contributed by atoms with E-state index in [4.69, 9.17) is 9.47 Å². The molecule has 2 aliphatic carbocycles. The normalized spacial score (nSPS) is 38.4. The van der Waals surface area contributed by atoms with Gasteiger partial charge in [0, 0.05) is 5.92 Å². The first-order valence-corrected chi connectivity index (χ1v) is 5.84. The first kappa shape index (κ1) is 8.93. The van der Waals surface area contributed by atoms with Crippen LogP contribution in [0.15, 0.2) is 11.6 Å². The van der Waals surface area contributed by atoms with Crippen LogP contribution >= 0.6 is 0 Å². The molecule has 1 heterocycles. The number of ether oxygens (including phenoxy) is 2. The van der Waals surface area contributed by atoms with Crippen molar-refractivity contribution in [1.82, 2.24) is 0 Å². The lowest BCUT2D eigenvalue weighted by Gasteiger charge is -2.34. The Balaban J connectivity index is 1.74. The van der Waals surface area contributed by atoms with E-state index in [-0.39, 0.29) is 6.29 Å². The summed E-state index contributed by atoms with van der Waals surface area (Å²) < 4.78 is 11.2. The van der Waals surface area contributed by atoms with E-state index in [0.717, 1.165) is 19.1 Å². The molecule has 1 aliphatic heterocycles. The van der Waals surface area contributed by atoms with Crippen LogP contribution in [0.5, 0.6) is 0 Å². The fourth-order valence-corrected chi connectivity index (χ4v) is 3.11. The molecule has 0 spiro atoms. The van der Waals surface area contributed by atoms with E-state index < -0.39 is 0 Å². The molecular weight excluding hydrogens is 176 g/mol. The SMILES string of the molecule is C1=C2CCCC(C2)CC1C1OCCO1. The summed E-state index contributed by atoms with van der Waals surface area (Å²) in [4.78, 5) is 0. The molecule has 14 heavy (non-hydrogen) atoms. The lowest BCUT2D eigenvalue weighted by Crippen LogP contribution is -2.27. The predicted molar refractivity (Wildman–Crippen MR) is 53.8 cm³/mol. The van der Waals surface area contributed by atoms with Crippen LogP contribution in [0, 0.1) is 11.8 Å². The molecule has 2 unspecified atom stereocenters. The summed E-state index contributed by atoms with van der Waals surface area (Å²) in [6.07, 6.45) is 9.28. The van der Waals surface area contributed by atoms with Crippen LogP contribution in [-0.4, -0.2) is 19.5 Å². The highest BCUT2D eigenvalue weighted by atomic mass is 16.7. The maximum absolute atomic E-state index is 5.59. The molecule has 0 aromatic carbocycles. The van der Waals surface area contributed by atoms with Gasteiger partial charge in [-0.1, -0.05) is 11.6 Å². The maximum atomic E-state index is 5.59. The Hall–Kier alpha value is -0.340. The Bertz CT molecular complexity index is 241. The van der Waals surface area contributed by atoms with Crippen LogP contribution in [-0.2, 0) is 9.47 Å². The monoisotopic (exact) mass is 194 g/mol. The summed E-state index contributed by atoms with van der Waals surface area (Å²) >= 11 is 0. The molecule has 0 radical (unpaired) electrons. The minimum Gasteiger partial charge on any atom is -0.350 e. The van der Waals surface area contributed by atoms with E-state index in [0.29, 0.717) is 5.92 Å². The lowest BCUT2D eigenvalue weighted by atomic mass is 9.74. The highest BCUT2D eigenvalue weighted by molar-refractivity contribution is 5.13. The zero-order valence-corrected chi connectivity index (χ0v) is 8.58. The van der Waals surface area contributed by atoms with Gasteiger partial charge in [0.25, 0.3) is 0 Å². The van der Waals surface area contributed by atoms with Crippen LogP contribution in [0.3, 0.4) is 0 Å². The number of hydrogen-bond acceptors (Lipinski definition) is 2. The van der Waals surface area contributed by atoms with Crippen molar-refractivity contribution in [2.24, 2.45) is 11.8 Å². The average molecular weight is 194 g/mol. The molecule has 1 saturated carbocycles. The number of rotatable bonds is 1. The van der Waals surface area contributed by atoms with Crippen LogP contribution < -0.4 is 0 Å². The molecule has 3 rings (SSSR count). The number of fused-ring (bicyclic) bond motifs is 2. The largest absolute Gasteiger partial charge is 0.350 e. The van der Waals surface area contributed by atoms with Gasteiger partial charge < -0.3 is 9.47 Å². The summed E-state index contributed by atoms with van der Waals surface area (Å²) in [5.74, 6) is 1.47. The summed E-state index contributed by atoms with van der Waals surface area (Å²) in [6, 6.07) is 0. The molecule has 2 fully saturated rings. The molecule has 2 bridgehead atoms. The lowest BCUT2D eigenvalue weighted by molar-refractivity contribution is -0.0780. The van der Waals surface area contributed by atoms with Crippen molar-refractivity contribution in [1.29, 1.82) is 0 Å². The average Bonchev–Trinajstić information content (AvgIpc) is 2.69. The van der Waals surface area contributed by atoms with Crippen molar-refractivity contribution < 1.29 is 9.47 Å². The zero-order chi connectivity index (χ0) is 9.38. The van der Waals surface area contributed by atoms with Gasteiger partial charge in [0.1, 0.15) is 0 Å². The van der Waals surface area contributed by atoms with Crippen LogP contribution in [0.4, 0.5) is 0 Å². The van der Waals surface area contributed by atoms with Gasteiger partial charge >= 0.3 is 0 Å². The highest BCUT2D eigenvalue weighted by Gasteiger charge is 2.32. The van der Waals surface area contributed by atoms with Crippen molar-refractivity contribution in [3.8, 4) is 0 Å². The standard InChI is InChI=1S/C12H18O2/c1-2-9-6-10(3-1)8-11(7-9)12-13-4-5-14-12/h7,10-12H,1-6,8H2. The van der Waals surface area contributed by atoms with E-state index in [1.807, 2.05) is 0 Å². The second-order valence-corrected chi connectivity index (χ2v) is 4.80. The molecule has 2 nitrogen and oxygen atoms in total. The second kappa shape index (κ2) is 3.67. The quantitative estimate of drug-likeness (QED) is 0.597. The molecule has 2 heteroatoms. The van der Waals surface area contributed by atoms with E-state index in [1.54, 1.807) is 5.57 Å². The van der Waals surface area contributed by atoms with Gasteiger partial charge in [-0.2, -0.15) is 0 Å². The second-order valence-electron chi connectivity index (χ2n) is 4.80. The Kier molecular flexibility index (Phi) is 2.34. The molecule has 0 aromatic heterocycles. The first-order chi connectivity index (χ1) is 6.92. The minimum atomic E-state index is 0.0749. The third-order valence-corrected chi connectivity index (χ3v) is 3.71. The van der Waals surface area contributed by atoms with Crippen molar-refractivity contribution in [3.05, 3.63) is 11.6 Å². The highest BCUT2D eigenvalue weighted by Crippen LogP contribution is 2.40. The van der Waals surface area contributed by atoms with Crippen molar-refractivity contribution >= 4 is 0 Å². The van der Waals surface area contributed by atoms with Gasteiger partial charge in [-0.25, -0.2) is 0 Å². The topological polar surface area (TPSA) is 18.5 Å². The van der Waals surface area contributed by atoms with Crippen LogP contribution in [0.2, 0.25) is 0 Å². The maximum Gasteiger partial charge on any atom is 0.164 e. The molecule has 78 valence electrons. The third-order valence-electron chi connectivity index (χ3n) is 3.71. The Morgan fingerprint density at radius 3 is 2.86 bits per heavy atom. The van der Waals surface area contributed by atoms with Gasteiger partial charge in [-0.15, -0.1) is 0 Å². The third kappa shape index (κ3) is 1.61. The number of allylic oxidation sites excluding steroid dienone is 1. The molecule has 0 aromatic rings. The zero-order valence-electron chi connectivity index (χ0n) is 8.58. The van der Waals surface area contributed by atoms with Crippen molar-refractivity contribution in [2.45, 2.75) is 38.4 Å². The Morgan fingerprint density at radius 1 is 1.21 bits per heavy atom. The van der Waals surface area contributed by atoms with Crippen molar-refractivity contribution in [2.75, 3.05) is 13.2 Å². The summed E-state index contributed by atoms with van der Waals surface area (Å²) in [5, 5.41) is 0. The number of hydrogen-bond donors (Lipinski definition) is 0. The molecule has 0 N–H and O–H groups in total. The van der Waals surface area contributed by atoms with E-state index in [2.05, 4.69) is 6.08 Å². The summed E-state index contributed by atoms with van der Waals surface area (Å²) in [5.41, 5.74) is 1.66. The van der Waals surface area contributed by atoms with Gasteiger partial charge in [0.15, 0.2) is 6.29 Å². The fourth-order valence-electron chi connectivity index (χ4n) is 3.11. The van der Waals surface area contributed by atoms with E-state index >= 15 is 0 Å². The molecule has 0 amide bonds. The first-order valence-electron chi connectivity index (χ1n) is 5.84. The van der Waals surface area contributed by atoms with Crippen LogP contribution in [0.25, 0.3) is 0 Å².